The summed E-state index contributed by atoms with van der Waals surface area (Å²) in [6, 6.07) is 14.6. The SMILES string of the molecule is COc1ccc(CN(Cc2nc3ccsc3c(=O)[nH]2)C(C)Cc2cccs2)cc1. The van der Waals surface area contributed by atoms with Crippen molar-refractivity contribution in [2.45, 2.75) is 32.5 Å². The summed E-state index contributed by atoms with van der Waals surface area (Å²) in [4.78, 5) is 23.7. The normalized spacial score (nSPS) is 12.5. The maximum absolute atomic E-state index is 12.4. The summed E-state index contributed by atoms with van der Waals surface area (Å²) in [5.74, 6) is 1.55. The average molecular weight is 426 g/mol. The molecule has 0 fully saturated rings. The van der Waals surface area contributed by atoms with Gasteiger partial charge in [-0.2, -0.15) is 0 Å². The first-order valence-electron chi connectivity index (χ1n) is 9.48. The van der Waals surface area contributed by atoms with E-state index in [0.717, 1.165) is 24.2 Å². The van der Waals surface area contributed by atoms with Crippen molar-refractivity contribution in [1.82, 2.24) is 14.9 Å². The van der Waals surface area contributed by atoms with E-state index in [4.69, 9.17) is 4.74 Å². The van der Waals surface area contributed by atoms with Crippen LogP contribution in [0.25, 0.3) is 10.2 Å². The molecule has 150 valence electrons. The van der Waals surface area contributed by atoms with Crippen LogP contribution >= 0.6 is 22.7 Å². The number of aromatic nitrogens is 2. The van der Waals surface area contributed by atoms with Gasteiger partial charge in [-0.1, -0.05) is 18.2 Å². The fraction of sp³-hybridized carbons (Fsp3) is 0.273. The van der Waals surface area contributed by atoms with Gasteiger partial charge in [-0.05, 0) is 53.9 Å². The molecule has 4 rings (SSSR count). The Labute approximate surface area is 177 Å². The van der Waals surface area contributed by atoms with Crippen LogP contribution in [0.4, 0.5) is 0 Å². The third-order valence-corrected chi connectivity index (χ3v) is 6.76. The van der Waals surface area contributed by atoms with Gasteiger partial charge < -0.3 is 9.72 Å². The second kappa shape index (κ2) is 8.90. The molecular formula is C22H23N3O2S2. The number of hydrogen-bond acceptors (Lipinski definition) is 6. The molecule has 7 heteroatoms. The highest BCUT2D eigenvalue weighted by atomic mass is 32.1. The van der Waals surface area contributed by atoms with Gasteiger partial charge in [0.15, 0.2) is 0 Å². The van der Waals surface area contributed by atoms with Crippen LogP contribution in [0.2, 0.25) is 0 Å². The highest BCUT2D eigenvalue weighted by Gasteiger charge is 2.18. The minimum absolute atomic E-state index is 0.0599. The number of rotatable bonds is 8. The number of methoxy groups -OCH3 is 1. The number of thiophene rings is 2. The molecule has 5 nitrogen and oxygen atoms in total. The third-order valence-electron chi connectivity index (χ3n) is 4.96. The Bertz CT molecular complexity index is 1120. The van der Waals surface area contributed by atoms with E-state index in [1.54, 1.807) is 18.4 Å². The van der Waals surface area contributed by atoms with Crippen LogP contribution < -0.4 is 10.3 Å². The van der Waals surface area contributed by atoms with Gasteiger partial charge in [0.2, 0.25) is 0 Å². The predicted octanol–water partition coefficient (Wildman–Crippen LogP) is 4.69. The molecular weight excluding hydrogens is 402 g/mol. The largest absolute Gasteiger partial charge is 0.497 e. The monoisotopic (exact) mass is 425 g/mol. The van der Waals surface area contributed by atoms with Crippen molar-refractivity contribution in [3.05, 3.63) is 79.8 Å². The maximum Gasteiger partial charge on any atom is 0.268 e. The average Bonchev–Trinajstić information content (AvgIpc) is 3.40. The standard InChI is InChI=1S/C22H23N3O2S2/c1-15(12-18-4-3-10-28-18)25(13-16-5-7-17(27-2)8-6-16)14-20-23-19-9-11-29-21(19)22(26)24-20/h3-11,15H,12-14H2,1-2H3,(H,23,24,26). The lowest BCUT2D eigenvalue weighted by Gasteiger charge is -2.28. The molecule has 0 aliphatic heterocycles. The van der Waals surface area contributed by atoms with Crippen LogP contribution in [-0.4, -0.2) is 28.0 Å². The molecule has 0 aliphatic carbocycles. The van der Waals surface area contributed by atoms with Gasteiger partial charge in [0, 0.05) is 17.5 Å². The molecule has 0 spiro atoms. The van der Waals surface area contributed by atoms with Crippen molar-refractivity contribution < 1.29 is 4.74 Å². The van der Waals surface area contributed by atoms with Crippen LogP contribution in [0.3, 0.4) is 0 Å². The molecule has 0 radical (unpaired) electrons. The van der Waals surface area contributed by atoms with Gasteiger partial charge in [0.25, 0.3) is 5.56 Å². The van der Waals surface area contributed by atoms with E-state index in [-0.39, 0.29) is 5.56 Å². The van der Waals surface area contributed by atoms with Crippen molar-refractivity contribution in [2.24, 2.45) is 0 Å². The second-order valence-corrected chi connectivity index (χ2v) is 8.98. The van der Waals surface area contributed by atoms with Crippen molar-refractivity contribution in [3.63, 3.8) is 0 Å². The first-order valence-corrected chi connectivity index (χ1v) is 11.2. The van der Waals surface area contributed by atoms with Crippen molar-refractivity contribution in [3.8, 4) is 5.75 Å². The van der Waals surface area contributed by atoms with Crippen LogP contribution in [0.5, 0.6) is 5.75 Å². The van der Waals surface area contributed by atoms with Gasteiger partial charge in [-0.25, -0.2) is 4.98 Å². The molecule has 0 bridgehead atoms. The Morgan fingerprint density at radius 3 is 2.66 bits per heavy atom. The molecule has 1 atom stereocenters. The molecule has 1 N–H and O–H groups in total. The lowest BCUT2D eigenvalue weighted by molar-refractivity contribution is 0.185. The van der Waals surface area contributed by atoms with Gasteiger partial charge in [-0.15, -0.1) is 22.7 Å². The molecule has 0 amide bonds. The minimum Gasteiger partial charge on any atom is -0.497 e. The first-order chi connectivity index (χ1) is 14.1. The Morgan fingerprint density at radius 1 is 1.10 bits per heavy atom. The third kappa shape index (κ3) is 4.75. The maximum atomic E-state index is 12.4. The zero-order chi connectivity index (χ0) is 20.2. The summed E-state index contributed by atoms with van der Waals surface area (Å²) in [6.45, 7) is 3.58. The number of ether oxygens (including phenoxy) is 1. The molecule has 3 heterocycles. The van der Waals surface area contributed by atoms with Crippen LogP contribution in [-0.2, 0) is 19.5 Å². The smallest absolute Gasteiger partial charge is 0.268 e. The number of benzene rings is 1. The van der Waals surface area contributed by atoms with Crippen molar-refractivity contribution in [2.75, 3.05) is 7.11 Å². The van der Waals surface area contributed by atoms with E-state index in [2.05, 4.69) is 51.4 Å². The highest BCUT2D eigenvalue weighted by Crippen LogP contribution is 2.20. The number of hydrogen-bond donors (Lipinski definition) is 1. The van der Waals surface area contributed by atoms with E-state index in [1.165, 1.54) is 21.8 Å². The Kier molecular flexibility index (Phi) is 6.08. The molecule has 0 saturated heterocycles. The Balaban J connectivity index is 1.59. The fourth-order valence-corrected chi connectivity index (χ4v) is 4.92. The predicted molar refractivity (Wildman–Crippen MR) is 120 cm³/mol. The molecule has 1 aromatic carbocycles. The van der Waals surface area contributed by atoms with Crippen LogP contribution in [0.15, 0.2) is 58.0 Å². The van der Waals surface area contributed by atoms with Gasteiger partial charge in [0.05, 0.1) is 19.2 Å². The first kappa shape index (κ1) is 19.8. The molecule has 1 unspecified atom stereocenters. The second-order valence-electron chi connectivity index (χ2n) is 7.03. The summed E-state index contributed by atoms with van der Waals surface area (Å²) < 4.78 is 5.96. The summed E-state index contributed by atoms with van der Waals surface area (Å²) in [5.41, 5.74) is 1.90. The molecule has 4 aromatic rings. The van der Waals surface area contributed by atoms with E-state index >= 15 is 0 Å². The lowest BCUT2D eigenvalue weighted by atomic mass is 10.1. The van der Waals surface area contributed by atoms with Gasteiger partial charge >= 0.3 is 0 Å². The quantitative estimate of drug-likeness (QED) is 0.445. The number of fused-ring (bicyclic) bond motifs is 1. The van der Waals surface area contributed by atoms with E-state index in [0.29, 0.717) is 23.1 Å². The van der Waals surface area contributed by atoms with Gasteiger partial charge in [0.1, 0.15) is 16.3 Å². The van der Waals surface area contributed by atoms with E-state index in [1.807, 2.05) is 23.6 Å². The zero-order valence-electron chi connectivity index (χ0n) is 16.4. The van der Waals surface area contributed by atoms with Crippen molar-refractivity contribution >= 4 is 32.9 Å². The molecule has 29 heavy (non-hydrogen) atoms. The summed E-state index contributed by atoms with van der Waals surface area (Å²) in [5, 5.41) is 4.02. The topological polar surface area (TPSA) is 58.2 Å². The summed E-state index contributed by atoms with van der Waals surface area (Å²) in [6.07, 6.45) is 0.957. The summed E-state index contributed by atoms with van der Waals surface area (Å²) >= 11 is 3.20. The van der Waals surface area contributed by atoms with Gasteiger partial charge in [-0.3, -0.25) is 9.69 Å². The number of H-pyrrole nitrogens is 1. The van der Waals surface area contributed by atoms with Crippen LogP contribution in [0, 0.1) is 0 Å². The zero-order valence-corrected chi connectivity index (χ0v) is 18.1. The number of nitrogens with one attached hydrogen (secondary N) is 1. The van der Waals surface area contributed by atoms with E-state index in [9.17, 15) is 4.79 Å². The van der Waals surface area contributed by atoms with Crippen molar-refractivity contribution in [1.29, 1.82) is 0 Å². The number of nitrogens with zero attached hydrogens (tertiary/aromatic N) is 2. The van der Waals surface area contributed by atoms with Crippen LogP contribution in [0.1, 0.15) is 23.2 Å². The highest BCUT2D eigenvalue weighted by molar-refractivity contribution is 7.17. The van der Waals surface area contributed by atoms with E-state index < -0.39 is 0 Å². The fourth-order valence-electron chi connectivity index (χ4n) is 3.37. The Morgan fingerprint density at radius 2 is 1.93 bits per heavy atom. The minimum atomic E-state index is -0.0599. The molecule has 0 saturated carbocycles. The number of aromatic amines is 1. The molecule has 0 aliphatic rings. The summed E-state index contributed by atoms with van der Waals surface area (Å²) in [7, 11) is 1.67. The molecule has 3 aromatic heterocycles. The Hall–Kier alpha value is -2.48. The lowest BCUT2D eigenvalue weighted by Crippen LogP contribution is -2.34.